The Labute approximate surface area is 120 Å². The van der Waals surface area contributed by atoms with Gasteiger partial charge in [-0.25, -0.2) is 0 Å². The number of rotatable bonds is 4. The standard InChI is InChI=1S/C18H20O2/c1-12-7-13(2)9-17(8-12)20-11-18(19)16-6-5-14(3)15(4)10-16/h5-10H,11H2,1-4H3. The number of ketones is 1. The highest BCUT2D eigenvalue weighted by Crippen LogP contribution is 2.17. The summed E-state index contributed by atoms with van der Waals surface area (Å²) in [5.74, 6) is 0.756. The first-order chi connectivity index (χ1) is 9.45. The van der Waals surface area contributed by atoms with Crippen molar-refractivity contribution in [3.8, 4) is 5.75 Å². The van der Waals surface area contributed by atoms with Crippen LogP contribution >= 0.6 is 0 Å². The van der Waals surface area contributed by atoms with Crippen molar-refractivity contribution in [3.63, 3.8) is 0 Å². The first kappa shape index (κ1) is 14.3. The number of Topliss-reactive ketones (excluding diaryl/α,β-unsaturated/α-hetero) is 1. The summed E-state index contributed by atoms with van der Waals surface area (Å²) < 4.78 is 5.60. The molecule has 2 heteroatoms. The van der Waals surface area contributed by atoms with Gasteiger partial charge in [0.25, 0.3) is 0 Å². The maximum atomic E-state index is 12.1. The van der Waals surface area contributed by atoms with Crippen LogP contribution in [0.4, 0.5) is 0 Å². The summed E-state index contributed by atoms with van der Waals surface area (Å²) in [6, 6.07) is 11.7. The van der Waals surface area contributed by atoms with Crippen molar-refractivity contribution in [3.05, 3.63) is 64.2 Å². The highest BCUT2D eigenvalue weighted by atomic mass is 16.5. The van der Waals surface area contributed by atoms with Crippen LogP contribution in [0.15, 0.2) is 36.4 Å². The second-order valence-corrected chi connectivity index (χ2v) is 5.33. The highest BCUT2D eigenvalue weighted by Gasteiger charge is 2.08. The molecule has 0 aliphatic carbocycles. The van der Waals surface area contributed by atoms with Crippen molar-refractivity contribution in [2.24, 2.45) is 0 Å². The summed E-state index contributed by atoms with van der Waals surface area (Å²) >= 11 is 0. The molecule has 0 spiro atoms. The smallest absolute Gasteiger partial charge is 0.200 e. The molecule has 0 bridgehead atoms. The number of ether oxygens (including phenoxy) is 1. The molecule has 0 atom stereocenters. The number of carbonyl (C=O) groups is 1. The SMILES string of the molecule is Cc1cc(C)cc(OCC(=O)c2ccc(C)c(C)c2)c1. The van der Waals surface area contributed by atoms with E-state index in [1.165, 1.54) is 5.56 Å². The molecule has 0 fully saturated rings. The average molecular weight is 268 g/mol. The third kappa shape index (κ3) is 3.47. The molecular weight excluding hydrogens is 248 g/mol. The number of benzene rings is 2. The number of aryl methyl sites for hydroxylation is 4. The van der Waals surface area contributed by atoms with Gasteiger partial charge in [-0.15, -0.1) is 0 Å². The summed E-state index contributed by atoms with van der Waals surface area (Å²) in [5, 5.41) is 0. The number of hydrogen-bond acceptors (Lipinski definition) is 2. The molecule has 104 valence electrons. The Morgan fingerprint density at radius 3 is 2.15 bits per heavy atom. The fourth-order valence-electron chi connectivity index (χ4n) is 2.16. The summed E-state index contributed by atoms with van der Waals surface area (Å²) in [7, 11) is 0. The minimum Gasteiger partial charge on any atom is -0.485 e. The van der Waals surface area contributed by atoms with E-state index in [9.17, 15) is 4.79 Å². The van der Waals surface area contributed by atoms with Gasteiger partial charge < -0.3 is 4.74 Å². The fraction of sp³-hybridized carbons (Fsp3) is 0.278. The maximum Gasteiger partial charge on any atom is 0.200 e. The van der Waals surface area contributed by atoms with E-state index >= 15 is 0 Å². The Bertz CT molecular complexity index is 622. The van der Waals surface area contributed by atoms with Crippen LogP contribution in [-0.2, 0) is 0 Å². The van der Waals surface area contributed by atoms with Crippen LogP contribution in [0, 0.1) is 27.7 Å². The molecule has 20 heavy (non-hydrogen) atoms. The van der Waals surface area contributed by atoms with Crippen LogP contribution in [0.1, 0.15) is 32.6 Å². The quantitative estimate of drug-likeness (QED) is 0.777. The summed E-state index contributed by atoms with van der Waals surface area (Å²) in [6.07, 6.45) is 0. The van der Waals surface area contributed by atoms with Crippen LogP contribution in [0.25, 0.3) is 0 Å². The second kappa shape index (κ2) is 5.91. The zero-order valence-electron chi connectivity index (χ0n) is 12.5. The Balaban J connectivity index is 2.06. The van der Waals surface area contributed by atoms with Crippen LogP contribution < -0.4 is 4.74 Å². The Morgan fingerprint density at radius 2 is 1.55 bits per heavy atom. The van der Waals surface area contributed by atoms with E-state index in [1.54, 1.807) is 0 Å². The van der Waals surface area contributed by atoms with E-state index in [4.69, 9.17) is 4.74 Å². The molecule has 0 radical (unpaired) electrons. The number of hydrogen-bond donors (Lipinski definition) is 0. The first-order valence-corrected chi connectivity index (χ1v) is 6.77. The van der Waals surface area contributed by atoms with E-state index in [1.807, 2.05) is 58.0 Å². The molecule has 0 aliphatic rings. The summed E-state index contributed by atoms with van der Waals surface area (Å²) in [6.45, 7) is 8.16. The molecule has 2 nitrogen and oxygen atoms in total. The van der Waals surface area contributed by atoms with E-state index in [0.29, 0.717) is 5.56 Å². The second-order valence-electron chi connectivity index (χ2n) is 5.33. The summed E-state index contributed by atoms with van der Waals surface area (Å²) in [5.41, 5.74) is 5.30. The lowest BCUT2D eigenvalue weighted by Crippen LogP contribution is -2.12. The lowest BCUT2D eigenvalue weighted by Gasteiger charge is -2.08. The van der Waals surface area contributed by atoms with Gasteiger partial charge in [0.2, 0.25) is 0 Å². The zero-order valence-corrected chi connectivity index (χ0v) is 12.5. The molecule has 0 aromatic heterocycles. The van der Waals surface area contributed by atoms with Crippen molar-refractivity contribution in [2.45, 2.75) is 27.7 Å². The van der Waals surface area contributed by atoms with Crippen LogP contribution in [0.2, 0.25) is 0 Å². The van der Waals surface area contributed by atoms with Gasteiger partial charge >= 0.3 is 0 Å². The van der Waals surface area contributed by atoms with E-state index < -0.39 is 0 Å². The van der Waals surface area contributed by atoms with Gasteiger partial charge in [0, 0.05) is 5.56 Å². The van der Waals surface area contributed by atoms with Crippen molar-refractivity contribution in [2.75, 3.05) is 6.61 Å². The van der Waals surface area contributed by atoms with E-state index in [0.717, 1.165) is 22.4 Å². The zero-order chi connectivity index (χ0) is 14.7. The average Bonchev–Trinajstić information content (AvgIpc) is 2.38. The predicted octanol–water partition coefficient (Wildman–Crippen LogP) is 4.18. The Hall–Kier alpha value is -2.09. The van der Waals surface area contributed by atoms with Gasteiger partial charge in [0.15, 0.2) is 12.4 Å². The Kier molecular flexibility index (Phi) is 4.23. The van der Waals surface area contributed by atoms with Crippen LogP contribution in [0.5, 0.6) is 5.75 Å². The molecular formula is C18H20O2. The van der Waals surface area contributed by atoms with Crippen molar-refractivity contribution in [1.29, 1.82) is 0 Å². The van der Waals surface area contributed by atoms with Crippen molar-refractivity contribution < 1.29 is 9.53 Å². The van der Waals surface area contributed by atoms with Crippen molar-refractivity contribution in [1.82, 2.24) is 0 Å². The fourth-order valence-corrected chi connectivity index (χ4v) is 2.16. The lowest BCUT2D eigenvalue weighted by atomic mass is 10.0. The van der Waals surface area contributed by atoms with Crippen LogP contribution in [-0.4, -0.2) is 12.4 Å². The van der Waals surface area contributed by atoms with E-state index in [-0.39, 0.29) is 12.4 Å². The maximum absolute atomic E-state index is 12.1. The molecule has 0 saturated carbocycles. The van der Waals surface area contributed by atoms with Gasteiger partial charge in [0.1, 0.15) is 5.75 Å². The van der Waals surface area contributed by atoms with Gasteiger partial charge in [-0.05, 0) is 68.1 Å². The van der Waals surface area contributed by atoms with Gasteiger partial charge in [0.05, 0.1) is 0 Å². The van der Waals surface area contributed by atoms with E-state index in [2.05, 4.69) is 6.07 Å². The molecule has 0 unspecified atom stereocenters. The third-order valence-corrected chi connectivity index (χ3v) is 3.39. The minimum atomic E-state index is 0.00672. The third-order valence-electron chi connectivity index (χ3n) is 3.39. The van der Waals surface area contributed by atoms with Crippen LogP contribution in [0.3, 0.4) is 0 Å². The minimum absolute atomic E-state index is 0.00672. The number of carbonyl (C=O) groups excluding carboxylic acids is 1. The first-order valence-electron chi connectivity index (χ1n) is 6.77. The molecule has 0 saturated heterocycles. The molecule has 0 heterocycles. The molecule has 0 amide bonds. The molecule has 2 rings (SSSR count). The van der Waals surface area contributed by atoms with Gasteiger partial charge in [-0.1, -0.05) is 18.2 Å². The highest BCUT2D eigenvalue weighted by molar-refractivity contribution is 5.97. The van der Waals surface area contributed by atoms with Gasteiger partial charge in [-0.2, -0.15) is 0 Å². The molecule has 2 aromatic rings. The normalized spacial score (nSPS) is 10.4. The largest absolute Gasteiger partial charge is 0.485 e. The lowest BCUT2D eigenvalue weighted by molar-refractivity contribution is 0.0921. The topological polar surface area (TPSA) is 26.3 Å². The monoisotopic (exact) mass is 268 g/mol. The van der Waals surface area contributed by atoms with Gasteiger partial charge in [-0.3, -0.25) is 4.79 Å². The molecule has 2 aromatic carbocycles. The van der Waals surface area contributed by atoms with Crippen molar-refractivity contribution >= 4 is 5.78 Å². The molecule has 0 N–H and O–H groups in total. The predicted molar refractivity (Wildman–Crippen MR) is 81.7 cm³/mol. The Morgan fingerprint density at radius 1 is 0.900 bits per heavy atom. The molecule has 0 aliphatic heterocycles. The summed E-state index contributed by atoms with van der Waals surface area (Å²) in [4.78, 5) is 12.1.